The van der Waals surface area contributed by atoms with E-state index in [2.05, 4.69) is 27.0 Å². The molecule has 0 bridgehead atoms. The lowest BCUT2D eigenvalue weighted by molar-refractivity contribution is 0.0687. The van der Waals surface area contributed by atoms with E-state index in [4.69, 9.17) is 4.84 Å². The van der Waals surface area contributed by atoms with Crippen molar-refractivity contribution in [3.63, 3.8) is 0 Å². The molecule has 4 rings (SSSR count). The van der Waals surface area contributed by atoms with Crippen LogP contribution in [-0.2, 0) is 6.54 Å². The Bertz CT molecular complexity index is 874. The summed E-state index contributed by atoms with van der Waals surface area (Å²) in [7, 11) is 0. The third kappa shape index (κ3) is 4.15. The average molecular weight is 363 g/mol. The highest BCUT2D eigenvalue weighted by atomic mass is 16.7. The van der Waals surface area contributed by atoms with E-state index in [-0.39, 0.29) is 6.09 Å². The minimum absolute atomic E-state index is 0.371. The van der Waals surface area contributed by atoms with Gasteiger partial charge in [0.05, 0.1) is 11.9 Å². The van der Waals surface area contributed by atoms with Gasteiger partial charge in [-0.05, 0) is 17.7 Å². The van der Waals surface area contributed by atoms with Crippen LogP contribution in [0.5, 0.6) is 0 Å². The third-order valence-electron chi connectivity index (χ3n) is 4.59. The van der Waals surface area contributed by atoms with Gasteiger partial charge in [-0.2, -0.15) is 4.73 Å². The number of nitrogens with zero attached hydrogens (tertiary/aromatic N) is 5. The molecule has 7 heteroatoms. The number of carbonyl (C=O) groups is 1. The molecule has 1 amide bonds. The van der Waals surface area contributed by atoms with Gasteiger partial charge in [0, 0.05) is 38.9 Å². The number of carbonyl (C=O) groups excluding carboxylic acids is 1. The number of hydrogen-bond acceptors (Lipinski definition) is 5. The first-order valence-corrected chi connectivity index (χ1v) is 8.97. The van der Waals surface area contributed by atoms with Gasteiger partial charge in [0.1, 0.15) is 12.0 Å². The Hall–Kier alpha value is -3.19. The maximum Gasteiger partial charge on any atom is 0.434 e. The number of benzene rings is 1. The standard InChI is InChI=1S/C20H21N5O2/c26-20(27-25-16-21-14-19(25)18-8-4-5-9-22-18)24-12-10-23(11-13-24)15-17-6-2-1-3-7-17/h1-9,14,16H,10-13,15H2. The predicted octanol–water partition coefficient (Wildman–Crippen LogP) is 2.31. The zero-order chi connectivity index (χ0) is 18.5. The molecule has 0 saturated carbocycles. The Morgan fingerprint density at radius 1 is 1.00 bits per heavy atom. The van der Waals surface area contributed by atoms with Gasteiger partial charge in [-0.1, -0.05) is 36.4 Å². The van der Waals surface area contributed by atoms with Crippen LogP contribution in [0, 0.1) is 0 Å². The Kier molecular flexibility index (Phi) is 5.11. The first-order valence-electron chi connectivity index (χ1n) is 8.97. The van der Waals surface area contributed by atoms with Crippen molar-refractivity contribution in [1.82, 2.24) is 24.5 Å². The molecule has 2 aromatic heterocycles. The first-order chi connectivity index (χ1) is 13.3. The summed E-state index contributed by atoms with van der Waals surface area (Å²) in [5, 5.41) is 0. The third-order valence-corrected chi connectivity index (χ3v) is 4.59. The van der Waals surface area contributed by atoms with Gasteiger partial charge >= 0.3 is 6.09 Å². The summed E-state index contributed by atoms with van der Waals surface area (Å²) in [5.74, 6) is 0. The van der Waals surface area contributed by atoms with E-state index in [0.717, 1.165) is 19.6 Å². The molecule has 1 aliphatic heterocycles. The van der Waals surface area contributed by atoms with Gasteiger partial charge in [-0.15, -0.1) is 0 Å². The Morgan fingerprint density at radius 3 is 2.52 bits per heavy atom. The number of rotatable bonds is 4. The highest BCUT2D eigenvalue weighted by Crippen LogP contribution is 2.15. The molecular formula is C20H21N5O2. The largest absolute Gasteiger partial charge is 0.434 e. The summed E-state index contributed by atoms with van der Waals surface area (Å²) in [6.45, 7) is 3.82. The average Bonchev–Trinajstić information content (AvgIpc) is 3.18. The van der Waals surface area contributed by atoms with E-state index in [1.165, 1.54) is 16.6 Å². The van der Waals surface area contributed by atoms with Gasteiger partial charge in [0.25, 0.3) is 0 Å². The fraction of sp³-hybridized carbons (Fsp3) is 0.250. The molecule has 3 aromatic rings. The van der Waals surface area contributed by atoms with Crippen LogP contribution >= 0.6 is 0 Å². The van der Waals surface area contributed by atoms with Crippen LogP contribution in [-0.4, -0.2) is 56.8 Å². The van der Waals surface area contributed by atoms with Gasteiger partial charge in [0.2, 0.25) is 0 Å². The van der Waals surface area contributed by atoms with E-state index in [1.807, 2.05) is 36.4 Å². The van der Waals surface area contributed by atoms with Crippen LogP contribution in [0.2, 0.25) is 0 Å². The SMILES string of the molecule is O=C(On1cncc1-c1ccccn1)N1CCN(Cc2ccccc2)CC1. The molecule has 1 saturated heterocycles. The molecule has 138 valence electrons. The fourth-order valence-electron chi connectivity index (χ4n) is 3.12. The van der Waals surface area contributed by atoms with Crippen molar-refractivity contribution < 1.29 is 9.63 Å². The second-order valence-corrected chi connectivity index (χ2v) is 6.43. The zero-order valence-electron chi connectivity index (χ0n) is 14.9. The lowest BCUT2D eigenvalue weighted by Gasteiger charge is -2.33. The Balaban J connectivity index is 1.34. The number of piperazine rings is 1. The van der Waals surface area contributed by atoms with Crippen LogP contribution in [0.1, 0.15) is 5.56 Å². The normalized spacial score (nSPS) is 14.9. The van der Waals surface area contributed by atoms with E-state index in [9.17, 15) is 4.79 Å². The van der Waals surface area contributed by atoms with Crippen LogP contribution < -0.4 is 4.84 Å². The van der Waals surface area contributed by atoms with Gasteiger partial charge in [-0.25, -0.2) is 9.78 Å². The van der Waals surface area contributed by atoms with Crippen LogP contribution in [0.15, 0.2) is 67.3 Å². The number of pyridine rings is 1. The number of imidazole rings is 1. The molecular weight excluding hydrogens is 342 g/mol. The molecule has 27 heavy (non-hydrogen) atoms. The molecule has 0 spiro atoms. The first kappa shape index (κ1) is 17.2. The van der Waals surface area contributed by atoms with Gasteiger partial charge in [0.15, 0.2) is 0 Å². The molecule has 3 heterocycles. The van der Waals surface area contributed by atoms with Gasteiger partial charge in [-0.3, -0.25) is 9.88 Å². The smallest absolute Gasteiger partial charge is 0.315 e. The van der Waals surface area contributed by atoms with Crippen LogP contribution in [0.25, 0.3) is 11.4 Å². The summed E-state index contributed by atoms with van der Waals surface area (Å²) in [5.41, 5.74) is 2.63. The molecule has 0 radical (unpaired) electrons. The van der Waals surface area contributed by atoms with Crippen molar-refractivity contribution in [1.29, 1.82) is 0 Å². The Morgan fingerprint density at radius 2 is 1.78 bits per heavy atom. The molecule has 1 fully saturated rings. The van der Waals surface area contributed by atoms with Crippen molar-refractivity contribution in [2.45, 2.75) is 6.54 Å². The molecule has 1 aliphatic rings. The summed E-state index contributed by atoms with van der Waals surface area (Å²) < 4.78 is 1.38. The van der Waals surface area contributed by atoms with Crippen molar-refractivity contribution >= 4 is 6.09 Å². The highest BCUT2D eigenvalue weighted by molar-refractivity contribution is 5.68. The summed E-state index contributed by atoms with van der Waals surface area (Å²) in [6, 6.07) is 15.9. The van der Waals surface area contributed by atoms with Crippen molar-refractivity contribution in [2.24, 2.45) is 0 Å². The highest BCUT2D eigenvalue weighted by Gasteiger charge is 2.23. The predicted molar refractivity (Wildman–Crippen MR) is 101 cm³/mol. The Labute approximate surface area is 157 Å². The topological polar surface area (TPSA) is 63.5 Å². The molecule has 0 unspecified atom stereocenters. The molecule has 1 aromatic carbocycles. The number of aromatic nitrogens is 3. The second-order valence-electron chi connectivity index (χ2n) is 6.43. The van der Waals surface area contributed by atoms with Crippen LogP contribution in [0.3, 0.4) is 0 Å². The molecule has 0 aliphatic carbocycles. The quantitative estimate of drug-likeness (QED) is 0.712. The molecule has 0 atom stereocenters. The summed E-state index contributed by atoms with van der Waals surface area (Å²) in [6.07, 6.45) is 4.44. The molecule has 7 nitrogen and oxygen atoms in total. The van der Waals surface area contributed by atoms with Crippen LogP contribution in [0.4, 0.5) is 4.79 Å². The second kappa shape index (κ2) is 8.01. The lowest BCUT2D eigenvalue weighted by Crippen LogP contribution is -2.50. The summed E-state index contributed by atoms with van der Waals surface area (Å²) >= 11 is 0. The lowest BCUT2D eigenvalue weighted by atomic mass is 10.2. The van der Waals surface area contributed by atoms with Gasteiger partial charge < -0.3 is 9.74 Å². The molecule has 0 N–H and O–H groups in total. The minimum atomic E-state index is -0.371. The monoisotopic (exact) mass is 363 g/mol. The number of amides is 1. The fourth-order valence-corrected chi connectivity index (χ4v) is 3.12. The van der Waals surface area contributed by atoms with Crippen molar-refractivity contribution in [3.8, 4) is 11.4 Å². The number of hydrogen-bond donors (Lipinski definition) is 0. The van der Waals surface area contributed by atoms with E-state index in [0.29, 0.717) is 24.5 Å². The summed E-state index contributed by atoms with van der Waals surface area (Å²) in [4.78, 5) is 30.5. The maximum atomic E-state index is 12.5. The minimum Gasteiger partial charge on any atom is -0.315 e. The van der Waals surface area contributed by atoms with Crippen molar-refractivity contribution in [3.05, 3.63) is 72.8 Å². The maximum absolute atomic E-state index is 12.5. The van der Waals surface area contributed by atoms with Crippen molar-refractivity contribution in [2.75, 3.05) is 26.2 Å². The van der Waals surface area contributed by atoms with E-state index >= 15 is 0 Å². The van der Waals surface area contributed by atoms with E-state index < -0.39 is 0 Å². The van der Waals surface area contributed by atoms with E-state index in [1.54, 1.807) is 17.3 Å². The zero-order valence-corrected chi connectivity index (χ0v) is 14.9.